The molecular formula is C27H28FNO. The van der Waals surface area contributed by atoms with Crippen molar-refractivity contribution in [2.75, 3.05) is 26.2 Å². The summed E-state index contributed by atoms with van der Waals surface area (Å²) in [6.45, 7) is 3.98. The lowest BCUT2D eigenvalue weighted by atomic mass is 9.95. The van der Waals surface area contributed by atoms with Crippen LogP contribution in [0, 0.1) is 0 Å². The number of likely N-dealkylation sites (tertiary alicyclic amines) is 1. The molecular weight excluding hydrogens is 373 g/mol. The lowest BCUT2D eigenvalue weighted by Crippen LogP contribution is -2.33. The minimum atomic E-state index is -0.222. The van der Waals surface area contributed by atoms with Gasteiger partial charge in [0.2, 0.25) is 0 Å². The second-order valence-corrected chi connectivity index (χ2v) is 7.70. The molecule has 4 rings (SSSR count). The van der Waals surface area contributed by atoms with Crippen LogP contribution < -0.4 is 4.74 Å². The van der Waals surface area contributed by atoms with E-state index in [9.17, 15) is 0 Å². The molecule has 0 unspecified atom stereocenters. The molecule has 3 heteroatoms. The zero-order valence-electron chi connectivity index (χ0n) is 17.3. The monoisotopic (exact) mass is 401 g/mol. The summed E-state index contributed by atoms with van der Waals surface area (Å²) in [7, 11) is 0. The van der Waals surface area contributed by atoms with E-state index in [2.05, 4.69) is 4.90 Å². The van der Waals surface area contributed by atoms with Gasteiger partial charge in [-0.1, -0.05) is 79.2 Å². The summed E-state index contributed by atoms with van der Waals surface area (Å²) >= 11 is 0. The van der Waals surface area contributed by atoms with E-state index in [1.54, 1.807) is 12.1 Å². The maximum Gasteiger partial charge on any atom is 0.138 e. The first-order valence-electron chi connectivity index (χ1n) is 10.8. The average molecular weight is 402 g/mol. The second kappa shape index (κ2) is 10.2. The number of ether oxygens (including phenoxy) is 1. The van der Waals surface area contributed by atoms with Crippen molar-refractivity contribution < 1.29 is 9.13 Å². The summed E-state index contributed by atoms with van der Waals surface area (Å²) in [5.41, 5.74) is 2.88. The van der Waals surface area contributed by atoms with Crippen molar-refractivity contribution in [1.82, 2.24) is 4.90 Å². The largest absolute Gasteiger partial charge is 0.492 e. The molecule has 1 heterocycles. The summed E-state index contributed by atoms with van der Waals surface area (Å²) in [5.74, 6) is 0.601. The van der Waals surface area contributed by atoms with E-state index in [1.165, 1.54) is 32.4 Å². The van der Waals surface area contributed by atoms with Crippen LogP contribution in [0.25, 0.3) is 11.4 Å². The molecule has 3 aromatic rings. The summed E-state index contributed by atoms with van der Waals surface area (Å²) in [6.07, 6.45) is 3.92. The number of rotatable bonds is 7. The summed E-state index contributed by atoms with van der Waals surface area (Å²) in [6, 6.07) is 26.7. The molecule has 1 aliphatic heterocycles. The quantitative estimate of drug-likeness (QED) is 0.423. The average Bonchev–Trinajstić information content (AvgIpc) is 2.82. The van der Waals surface area contributed by atoms with Crippen LogP contribution in [0.4, 0.5) is 4.39 Å². The minimum absolute atomic E-state index is 0.222. The van der Waals surface area contributed by atoms with Gasteiger partial charge >= 0.3 is 0 Å². The van der Waals surface area contributed by atoms with Crippen LogP contribution in [-0.4, -0.2) is 31.1 Å². The first kappa shape index (κ1) is 20.4. The van der Waals surface area contributed by atoms with E-state index < -0.39 is 0 Å². The van der Waals surface area contributed by atoms with Crippen molar-refractivity contribution in [1.29, 1.82) is 0 Å². The molecule has 0 N–H and O–H groups in total. The molecule has 0 aliphatic carbocycles. The van der Waals surface area contributed by atoms with Crippen LogP contribution in [0.1, 0.15) is 36.0 Å². The smallest absolute Gasteiger partial charge is 0.138 e. The Morgan fingerprint density at radius 3 is 1.90 bits per heavy atom. The van der Waals surface area contributed by atoms with Gasteiger partial charge in [-0.25, -0.2) is 4.39 Å². The van der Waals surface area contributed by atoms with E-state index in [0.717, 1.165) is 23.4 Å². The molecule has 0 aromatic heterocycles. The van der Waals surface area contributed by atoms with Gasteiger partial charge < -0.3 is 4.74 Å². The van der Waals surface area contributed by atoms with Crippen LogP contribution in [0.3, 0.4) is 0 Å². The predicted octanol–water partition coefficient (Wildman–Crippen LogP) is 6.44. The van der Waals surface area contributed by atoms with Crippen LogP contribution >= 0.6 is 0 Å². The number of hydrogen-bond acceptors (Lipinski definition) is 2. The van der Waals surface area contributed by atoms with Gasteiger partial charge in [-0.05, 0) is 49.2 Å². The van der Waals surface area contributed by atoms with E-state index >= 15 is 4.39 Å². The van der Waals surface area contributed by atoms with Gasteiger partial charge in [-0.2, -0.15) is 0 Å². The minimum Gasteiger partial charge on any atom is -0.492 e. The zero-order valence-corrected chi connectivity index (χ0v) is 17.3. The molecule has 2 nitrogen and oxygen atoms in total. The van der Waals surface area contributed by atoms with Crippen LogP contribution in [-0.2, 0) is 0 Å². The molecule has 1 saturated heterocycles. The van der Waals surface area contributed by atoms with Gasteiger partial charge in [0.25, 0.3) is 0 Å². The maximum absolute atomic E-state index is 15.5. The fraction of sp³-hybridized carbons (Fsp3) is 0.259. The Kier molecular flexibility index (Phi) is 6.94. The topological polar surface area (TPSA) is 12.5 Å². The van der Waals surface area contributed by atoms with E-state index in [4.69, 9.17) is 4.74 Å². The zero-order chi connectivity index (χ0) is 20.6. The molecule has 0 spiro atoms. The van der Waals surface area contributed by atoms with Gasteiger partial charge in [0, 0.05) is 17.7 Å². The molecule has 1 aliphatic rings. The van der Waals surface area contributed by atoms with Gasteiger partial charge in [0.1, 0.15) is 18.2 Å². The molecule has 0 radical (unpaired) electrons. The highest BCUT2D eigenvalue weighted by Gasteiger charge is 2.14. The first-order valence-corrected chi connectivity index (χ1v) is 10.8. The van der Waals surface area contributed by atoms with Gasteiger partial charge in [0.15, 0.2) is 0 Å². The molecule has 154 valence electrons. The Bertz CT molecular complexity index is 945. The summed E-state index contributed by atoms with van der Waals surface area (Å²) < 4.78 is 21.5. The second-order valence-electron chi connectivity index (χ2n) is 7.70. The normalized spacial score (nSPS) is 15.5. The van der Waals surface area contributed by atoms with Crippen LogP contribution in [0.2, 0.25) is 0 Å². The van der Waals surface area contributed by atoms with Crippen molar-refractivity contribution in [2.24, 2.45) is 0 Å². The van der Waals surface area contributed by atoms with E-state index in [1.807, 2.05) is 72.8 Å². The van der Waals surface area contributed by atoms with E-state index in [0.29, 0.717) is 17.7 Å². The van der Waals surface area contributed by atoms with Crippen molar-refractivity contribution in [2.45, 2.75) is 19.3 Å². The third kappa shape index (κ3) is 5.17. The lowest BCUT2D eigenvalue weighted by Gasteiger charge is -2.26. The van der Waals surface area contributed by atoms with Gasteiger partial charge in [-0.3, -0.25) is 4.90 Å². The molecule has 0 atom stereocenters. The standard InChI is InChI=1S/C27H28FNO/c28-27(24-12-6-2-7-13-24)26(22-10-4-1-5-11-22)23-14-16-25(17-15-23)30-21-20-29-18-8-3-9-19-29/h1-2,4-7,10-17H,3,8-9,18-21H2/b27-26-. The maximum atomic E-state index is 15.5. The van der Waals surface area contributed by atoms with E-state index in [-0.39, 0.29) is 5.83 Å². The van der Waals surface area contributed by atoms with Gasteiger partial charge in [0.05, 0.1) is 0 Å². The highest BCUT2D eigenvalue weighted by atomic mass is 19.1. The van der Waals surface area contributed by atoms with Crippen molar-refractivity contribution >= 4 is 11.4 Å². The molecule has 0 bridgehead atoms. The Morgan fingerprint density at radius 2 is 1.27 bits per heavy atom. The molecule has 0 amide bonds. The Hall–Kier alpha value is -2.91. The predicted molar refractivity (Wildman–Crippen MR) is 122 cm³/mol. The Balaban J connectivity index is 1.53. The molecule has 3 aromatic carbocycles. The summed E-state index contributed by atoms with van der Waals surface area (Å²) in [5, 5.41) is 0. The van der Waals surface area contributed by atoms with Crippen molar-refractivity contribution in [3.63, 3.8) is 0 Å². The van der Waals surface area contributed by atoms with Crippen LogP contribution in [0.15, 0.2) is 84.9 Å². The highest BCUT2D eigenvalue weighted by Crippen LogP contribution is 2.33. The number of benzene rings is 3. The number of halogens is 1. The van der Waals surface area contributed by atoms with Gasteiger partial charge in [-0.15, -0.1) is 0 Å². The lowest BCUT2D eigenvalue weighted by molar-refractivity contribution is 0.183. The third-order valence-electron chi connectivity index (χ3n) is 5.58. The third-order valence-corrected chi connectivity index (χ3v) is 5.58. The number of nitrogens with zero attached hydrogens (tertiary/aromatic N) is 1. The Labute approximate surface area is 178 Å². The molecule has 0 saturated carbocycles. The number of piperidine rings is 1. The van der Waals surface area contributed by atoms with Crippen molar-refractivity contribution in [3.05, 3.63) is 102 Å². The van der Waals surface area contributed by atoms with Crippen molar-refractivity contribution in [3.8, 4) is 5.75 Å². The molecule has 30 heavy (non-hydrogen) atoms. The van der Waals surface area contributed by atoms with Crippen LogP contribution in [0.5, 0.6) is 5.75 Å². The molecule has 1 fully saturated rings. The first-order chi connectivity index (χ1) is 14.8. The summed E-state index contributed by atoms with van der Waals surface area (Å²) in [4.78, 5) is 2.46. The fourth-order valence-corrected chi connectivity index (χ4v) is 3.95. The fourth-order valence-electron chi connectivity index (χ4n) is 3.95. The Morgan fingerprint density at radius 1 is 0.700 bits per heavy atom. The SMILES string of the molecule is F/C(=C(/c1ccccc1)c1ccc(OCCN2CCCCC2)cc1)c1ccccc1. The number of hydrogen-bond donors (Lipinski definition) is 0. The highest BCUT2D eigenvalue weighted by molar-refractivity contribution is 5.95.